The maximum Gasteiger partial charge on any atom is 0.410 e. The lowest BCUT2D eigenvalue weighted by Crippen LogP contribution is -2.54. The minimum atomic E-state index is -0.500. The molecule has 0 aromatic carbocycles. The number of hydrogen-bond donors (Lipinski definition) is 1. The number of rotatable bonds is 2. The van der Waals surface area contributed by atoms with Crippen LogP contribution in [0.1, 0.15) is 27.7 Å². The summed E-state index contributed by atoms with van der Waals surface area (Å²) in [5.41, 5.74) is 2.32. The number of amides is 1. The molecule has 1 N–H and O–H groups in total. The van der Waals surface area contributed by atoms with E-state index >= 15 is 0 Å². The van der Waals surface area contributed by atoms with Crippen LogP contribution in [0.5, 0.6) is 0 Å². The molecule has 4 heterocycles. The largest absolute Gasteiger partial charge is 0.444 e. The number of aromatic nitrogens is 5. The van der Waals surface area contributed by atoms with Crippen molar-refractivity contribution in [3.8, 4) is 11.1 Å². The van der Waals surface area contributed by atoms with Crippen LogP contribution in [-0.4, -0.2) is 67.0 Å². The molecule has 1 aliphatic heterocycles. The minimum Gasteiger partial charge on any atom is -0.444 e. The highest BCUT2D eigenvalue weighted by Gasteiger charge is 2.31. The van der Waals surface area contributed by atoms with Crippen molar-refractivity contribution < 1.29 is 9.53 Å². The van der Waals surface area contributed by atoms with Gasteiger partial charge in [-0.2, -0.15) is 5.10 Å². The maximum atomic E-state index is 12.5. The summed E-state index contributed by atoms with van der Waals surface area (Å²) in [6, 6.07) is 0.0889. The number of H-pyrrole nitrogens is 1. The summed E-state index contributed by atoms with van der Waals surface area (Å²) in [5, 5.41) is 5.26. The number of hydrogen-bond acceptors (Lipinski definition) is 6. The predicted octanol–water partition coefficient (Wildman–Crippen LogP) is 2.80. The molecule has 1 aliphatic rings. The number of nitrogens with zero attached hydrogens (tertiary/aromatic N) is 6. The summed E-state index contributed by atoms with van der Waals surface area (Å²) in [7, 11) is 1.90. The fourth-order valence-electron chi connectivity index (χ4n) is 3.72. The summed E-state index contributed by atoms with van der Waals surface area (Å²) in [5.74, 6) is 0.867. The number of piperazine rings is 1. The van der Waals surface area contributed by atoms with Gasteiger partial charge in [0.25, 0.3) is 0 Å². The Labute approximate surface area is 169 Å². The van der Waals surface area contributed by atoms with Crippen LogP contribution in [0.3, 0.4) is 0 Å². The lowest BCUT2D eigenvalue weighted by atomic mass is 10.1. The van der Waals surface area contributed by atoms with Crippen LogP contribution in [0.15, 0.2) is 24.9 Å². The molecular weight excluding hydrogens is 370 g/mol. The van der Waals surface area contributed by atoms with E-state index < -0.39 is 5.60 Å². The lowest BCUT2D eigenvalue weighted by Gasteiger charge is -2.41. The van der Waals surface area contributed by atoms with Crippen molar-refractivity contribution in [2.45, 2.75) is 39.3 Å². The Kier molecular flexibility index (Phi) is 4.68. The topological polar surface area (TPSA) is 92.2 Å². The standard InChI is InChI=1S/C20H27N7O2/c1-13-10-26(19(28)29-20(2,3)4)6-7-27(13)18-16-15(14-8-24-25(5)11-14)9-21-17(16)22-12-23-18/h8-9,11-13H,6-7,10H2,1-5H3,(H,21,22,23)/t13-/m0/s1. The highest BCUT2D eigenvalue weighted by atomic mass is 16.6. The van der Waals surface area contributed by atoms with Gasteiger partial charge >= 0.3 is 6.09 Å². The van der Waals surface area contributed by atoms with Crippen LogP contribution in [0, 0.1) is 0 Å². The number of aryl methyl sites for hydroxylation is 1. The van der Waals surface area contributed by atoms with Crippen LogP contribution in [-0.2, 0) is 11.8 Å². The molecule has 0 spiro atoms. The smallest absolute Gasteiger partial charge is 0.410 e. The van der Waals surface area contributed by atoms with Crippen molar-refractivity contribution in [1.82, 2.24) is 29.6 Å². The fraction of sp³-hybridized carbons (Fsp3) is 0.500. The Balaban J connectivity index is 1.63. The zero-order valence-electron chi connectivity index (χ0n) is 17.5. The van der Waals surface area contributed by atoms with E-state index in [1.807, 2.05) is 46.4 Å². The molecule has 0 saturated carbocycles. The third kappa shape index (κ3) is 3.76. The van der Waals surface area contributed by atoms with Crippen molar-refractivity contribution in [3.05, 3.63) is 24.9 Å². The Morgan fingerprint density at radius 2 is 2.07 bits per heavy atom. The minimum absolute atomic E-state index is 0.0889. The van der Waals surface area contributed by atoms with E-state index in [0.717, 1.165) is 28.0 Å². The maximum absolute atomic E-state index is 12.5. The number of carbonyl (C=O) groups is 1. The summed E-state index contributed by atoms with van der Waals surface area (Å²) in [6.07, 6.45) is 7.07. The molecule has 0 aliphatic carbocycles. The molecule has 9 heteroatoms. The average Bonchev–Trinajstić information content (AvgIpc) is 3.26. The van der Waals surface area contributed by atoms with Crippen molar-refractivity contribution in [1.29, 1.82) is 0 Å². The first kappa shape index (κ1) is 19.2. The monoisotopic (exact) mass is 397 g/mol. The molecule has 0 bridgehead atoms. The lowest BCUT2D eigenvalue weighted by molar-refractivity contribution is 0.0218. The third-order valence-electron chi connectivity index (χ3n) is 5.02. The summed E-state index contributed by atoms with van der Waals surface area (Å²) < 4.78 is 7.31. The van der Waals surface area contributed by atoms with Gasteiger partial charge in [0.2, 0.25) is 0 Å². The number of ether oxygens (including phenoxy) is 1. The van der Waals surface area contributed by atoms with Crippen LogP contribution < -0.4 is 4.90 Å². The van der Waals surface area contributed by atoms with Crippen molar-refractivity contribution in [2.24, 2.45) is 7.05 Å². The molecule has 3 aromatic heterocycles. The van der Waals surface area contributed by atoms with Crippen molar-refractivity contribution in [2.75, 3.05) is 24.5 Å². The average molecular weight is 397 g/mol. The molecule has 1 saturated heterocycles. The third-order valence-corrected chi connectivity index (χ3v) is 5.02. The van der Waals surface area contributed by atoms with Gasteiger partial charge < -0.3 is 19.5 Å². The first-order valence-electron chi connectivity index (χ1n) is 9.78. The Hall–Kier alpha value is -3.10. The molecule has 154 valence electrons. The van der Waals surface area contributed by atoms with E-state index in [1.54, 1.807) is 15.9 Å². The number of nitrogens with one attached hydrogen (secondary N) is 1. The van der Waals surface area contributed by atoms with Gasteiger partial charge in [-0.3, -0.25) is 4.68 Å². The van der Waals surface area contributed by atoms with Crippen LogP contribution in [0.25, 0.3) is 22.2 Å². The first-order valence-corrected chi connectivity index (χ1v) is 9.78. The van der Waals surface area contributed by atoms with Gasteiger partial charge in [-0.15, -0.1) is 0 Å². The highest BCUT2D eigenvalue weighted by molar-refractivity contribution is 6.01. The van der Waals surface area contributed by atoms with Gasteiger partial charge in [-0.05, 0) is 27.7 Å². The molecule has 4 rings (SSSR count). The first-order chi connectivity index (χ1) is 13.7. The van der Waals surface area contributed by atoms with Gasteiger partial charge in [0.1, 0.15) is 23.4 Å². The number of carbonyl (C=O) groups excluding carboxylic acids is 1. The van der Waals surface area contributed by atoms with Gasteiger partial charge in [0, 0.05) is 56.2 Å². The van der Waals surface area contributed by atoms with Crippen LogP contribution in [0.4, 0.5) is 10.6 Å². The zero-order valence-corrected chi connectivity index (χ0v) is 17.5. The molecule has 1 fully saturated rings. The zero-order chi connectivity index (χ0) is 20.8. The number of aromatic amines is 1. The summed E-state index contributed by atoms with van der Waals surface area (Å²) >= 11 is 0. The van der Waals surface area contributed by atoms with Gasteiger partial charge in [-0.25, -0.2) is 14.8 Å². The van der Waals surface area contributed by atoms with Crippen molar-refractivity contribution >= 4 is 22.9 Å². The quantitative estimate of drug-likeness (QED) is 0.715. The van der Waals surface area contributed by atoms with E-state index in [9.17, 15) is 4.79 Å². The normalized spacial score (nSPS) is 17.8. The van der Waals surface area contributed by atoms with E-state index in [0.29, 0.717) is 19.6 Å². The second-order valence-corrected chi connectivity index (χ2v) is 8.49. The Morgan fingerprint density at radius 1 is 1.28 bits per heavy atom. The molecular formula is C20H27N7O2. The Morgan fingerprint density at radius 3 is 2.72 bits per heavy atom. The van der Waals surface area contributed by atoms with E-state index in [2.05, 4.69) is 31.9 Å². The van der Waals surface area contributed by atoms with Gasteiger partial charge in [0.15, 0.2) is 0 Å². The molecule has 0 radical (unpaired) electrons. The molecule has 9 nitrogen and oxygen atoms in total. The molecule has 29 heavy (non-hydrogen) atoms. The predicted molar refractivity (Wildman–Crippen MR) is 111 cm³/mol. The van der Waals surface area contributed by atoms with Crippen molar-refractivity contribution in [3.63, 3.8) is 0 Å². The second kappa shape index (κ2) is 7.06. The van der Waals surface area contributed by atoms with Crippen LogP contribution in [0.2, 0.25) is 0 Å². The molecule has 3 aromatic rings. The fourth-order valence-corrected chi connectivity index (χ4v) is 3.72. The van der Waals surface area contributed by atoms with E-state index in [-0.39, 0.29) is 12.1 Å². The molecule has 1 amide bonds. The highest BCUT2D eigenvalue weighted by Crippen LogP contribution is 2.34. The van der Waals surface area contributed by atoms with Gasteiger partial charge in [-0.1, -0.05) is 0 Å². The van der Waals surface area contributed by atoms with E-state index in [1.165, 1.54) is 0 Å². The number of fused-ring (bicyclic) bond motifs is 1. The van der Waals surface area contributed by atoms with Crippen LogP contribution >= 0.6 is 0 Å². The second-order valence-electron chi connectivity index (χ2n) is 8.49. The molecule has 0 unspecified atom stereocenters. The summed E-state index contributed by atoms with van der Waals surface area (Å²) in [6.45, 7) is 9.58. The molecule has 1 atom stereocenters. The van der Waals surface area contributed by atoms with Gasteiger partial charge in [0.05, 0.1) is 11.6 Å². The number of anilines is 1. The SMILES string of the molecule is C[C@H]1CN(C(=O)OC(C)(C)C)CCN1c1ncnc2[nH]cc(-c3cnn(C)c3)c12. The Bertz CT molecular complexity index is 1030. The summed E-state index contributed by atoms with van der Waals surface area (Å²) in [4.78, 5) is 28.7. The van der Waals surface area contributed by atoms with E-state index in [4.69, 9.17) is 4.74 Å².